The third-order valence-electron chi connectivity index (χ3n) is 2.49. The molecule has 0 aliphatic heterocycles. The molecule has 2 heterocycles. The molecule has 0 aromatic carbocycles. The van der Waals surface area contributed by atoms with Crippen LogP contribution in [-0.4, -0.2) is 25.9 Å². The van der Waals surface area contributed by atoms with Crippen LogP contribution < -0.4 is 5.32 Å². The molecule has 0 aliphatic carbocycles. The van der Waals surface area contributed by atoms with Crippen molar-refractivity contribution in [2.75, 3.05) is 11.9 Å². The Hall–Kier alpha value is -1.43. The molecule has 2 rings (SSSR count). The number of rotatable bonds is 5. The van der Waals surface area contributed by atoms with Crippen LogP contribution in [0.1, 0.15) is 30.4 Å². The molecule has 6 heteroatoms. The van der Waals surface area contributed by atoms with Gasteiger partial charge in [0, 0.05) is 23.8 Å². The largest absolute Gasteiger partial charge is 0.374 e. The van der Waals surface area contributed by atoms with Gasteiger partial charge in [-0.1, -0.05) is 11.4 Å². The molecule has 0 amide bonds. The number of aromatic nitrogens is 4. The Labute approximate surface area is 105 Å². The average molecular weight is 251 g/mol. The molecule has 2 aromatic rings. The number of aryl methyl sites for hydroxylation is 2. The van der Waals surface area contributed by atoms with E-state index in [1.165, 1.54) is 11.5 Å². The van der Waals surface area contributed by atoms with Crippen LogP contribution in [0.5, 0.6) is 0 Å². The monoisotopic (exact) mass is 251 g/mol. The number of hydrogen-bond acceptors (Lipinski definition) is 5. The van der Waals surface area contributed by atoms with Gasteiger partial charge in [0.15, 0.2) is 0 Å². The zero-order valence-electron chi connectivity index (χ0n) is 10.4. The van der Waals surface area contributed by atoms with Crippen LogP contribution in [0.4, 0.5) is 5.00 Å². The molecule has 0 unspecified atom stereocenters. The van der Waals surface area contributed by atoms with Gasteiger partial charge in [-0.2, -0.15) is 5.10 Å². The first-order valence-corrected chi connectivity index (χ1v) is 6.54. The second kappa shape index (κ2) is 5.27. The molecule has 92 valence electrons. The minimum atomic E-state index is 0.683. The molecule has 0 fully saturated rings. The van der Waals surface area contributed by atoms with Crippen LogP contribution in [0.15, 0.2) is 6.07 Å². The van der Waals surface area contributed by atoms with E-state index in [4.69, 9.17) is 0 Å². The summed E-state index contributed by atoms with van der Waals surface area (Å²) in [7, 11) is 0. The molecular formula is C11H17N5S. The van der Waals surface area contributed by atoms with Crippen LogP contribution >= 0.6 is 11.5 Å². The van der Waals surface area contributed by atoms with Crippen molar-refractivity contribution in [1.82, 2.24) is 19.4 Å². The highest BCUT2D eigenvalue weighted by Crippen LogP contribution is 2.19. The minimum Gasteiger partial charge on any atom is -0.374 e. The second-order valence-electron chi connectivity index (χ2n) is 4.06. The third-order valence-corrected chi connectivity index (χ3v) is 3.22. The summed E-state index contributed by atoms with van der Waals surface area (Å²) < 4.78 is 5.96. The minimum absolute atomic E-state index is 0.683. The van der Waals surface area contributed by atoms with Gasteiger partial charge in [-0.15, -0.1) is 5.10 Å². The molecule has 0 spiro atoms. The first kappa shape index (κ1) is 12.0. The summed E-state index contributed by atoms with van der Waals surface area (Å²) >= 11 is 1.41. The van der Waals surface area contributed by atoms with Crippen molar-refractivity contribution in [1.29, 1.82) is 0 Å². The van der Waals surface area contributed by atoms with Gasteiger partial charge < -0.3 is 5.32 Å². The van der Waals surface area contributed by atoms with Gasteiger partial charge in [0.1, 0.15) is 10.7 Å². The molecule has 0 radical (unpaired) electrons. The first-order chi connectivity index (χ1) is 8.20. The maximum absolute atomic E-state index is 4.43. The van der Waals surface area contributed by atoms with E-state index in [0.29, 0.717) is 6.54 Å². The maximum Gasteiger partial charge on any atom is 0.135 e. The van der Waals surface area contributed by atoms with Crippen LogP contribution in [0.25, 0.3) is 0 Å². The Kier molecular flexibility index (Phi) is 3.73. The van der Waals surface area contributed by atoms with Crippen molar-refractivity contribution < 1.29 is 0 Å². The van der Waals surface area contributed by atoms with E-state index in [9.17, 15) is 0 Å². The highest BCUT2D eigenvalue weighted by Gasteiger charge is 2.10. The lowest BCUT2D eigenvalue weighted by Crippen LogP contribution is -2.07. The van der Waals surface area contributed by atoms with Gasteiger partial charge in [0.05, 0.1) is 12.2 Å². The van der Waals surface area contributed by atoms with Crippen LogP contribution in [0.3, 0.4) is 0 Å². The van der Waals surface area contributed by atoms with E-state index >= 15 is 0 Å². The van der Waals surface area contributed by atoms with Crippen LogP contribution in [0, 0.1) is 13.8 Å². The van der Waals surface area contributed by atoms with Gasteiger partial charge in [-0.25, -0.2) is 0 Å². The summed E-state index contributed by atoms with van der Waals surface area (Å²) in [4.78, 5) is 0. The van der Waals surface area contributed by atoms with E-state index < -0.39 is 0 Å². The van der Waals surface area contributed by atoms with E-state index in [-0.39, 0.29) is 0 Å². The van der Waals surface area contributed by atoms with E-state index in [1.54, 1.807) is 0 Å². The lowest BCUT2D eigenvalue weighted by atomic mass is 10.4. The quantitative estimate of drug-likeness (QED) is 0.885. The Balaban J connectivity index is 2.13. The van der Waals surface area contributed by atoms with Crippen molar-refractivity contribution in [3.05, 3.63) is 23.1 Å². The SMILES string of the molecule is CCCNc1snnc1Cn1nc(C)cc1C. The summed E-state index contributed by atoms with van der Waals surface area (Å²) in [6.45, 7) is 7.83. The first-order valence-electron chi connectivity index (χ1n) is 5.77. The fourth-order valence-electron chi connectivity index (χ4n) is 1.66. The van der Waals surface area contributed by atoms with Crippen molar-refractivity contribution in [2.24, 2.45) is 0 Å². The summed E-state index contributed by atoms with van der Waals surface area (Å²) in [5.41, 5.74) is 3.15. The number of hydrogen-bond donors (Lipinski definition) is 1. The van der Waals surface area contributed by atoms with Gasteiger partial charge in [0.25, 0.3) is 0 Å². The van der Waals surface area contributed by atoms with Crippen LogP contribution in [-0.2, 0) is 6.54 Å². The molecule has 1 N–H and O–H groups in total. The molecule has 0 aliphatic rings. The number of anilines is 1. The van der Waals surface area contributed by atoms with Gasteiger partial charge >= 0.3 is 0 Å². The van der Waals surface area contributed by atoms with Crippen molar-refractivity contribution in [3.8, 4) is 0 Å². The summed E-state index contributed by atoms with van der Waals surface area (Å²) in [5, 5.41) is 13.0. The number of nitrogens with one attached hydrogen (secondary N) is 1. The molecule has 0 bridgehead atoms. The lowest BCUT2D eigenvalue weighted by molar-refractivity contribution is 0.645. The van der Waals surface area contributed by atoms with E-state index in [1.807, 2.05) is 11.6 Å². The highest BCUT2D eigenvalue weighted by atomic mass is 32.1. The Morgan fingerprint density at radius 1 is 1.41 bits per heavy atom. The Bertz CT molecular complexity index is 488. The predicted molar refractivity (Wildman–Crippen MR) is 69.5 cm³/mol. The van der Waals surface area contributed by atoms with E-state index in [2.05, 4.69) is 39.9 Å². The average Bonchev–Trinajstić information content (AvgIpc) is 2.84. The van der Waals surface area contributed by atoms with Gasteiger partial charge in [-0.3, -0.25) is 4.68 Å². The second-order valence-corrected chi connectivity index (χ2v) is 4.81. The van der Waals surface area contributed by atoms with Crippen LogP contribution in [0.2, 0.25) is 0 Å². The molecule has 0 saturated heterocycles. The fraction of sp³-hybridized carbons (Fsp3) is 0.545. The van der Waals surface area contributed by atoms with E-state index in [0.717, 1.165) is 35.0 Å². The summed E-state index contributed by atoms with van der Waals surface area (Å²) in [6, 6.07) is 2.07. The molecule has 0 atom stereocenters. The number of nitrogens with zero attached hydrogens (tertiary/aromatic N) is 4. The Morgan fingerprint density at radius 3 is 2.88 bits per heavy atom. The third kappa shape index (κ3) is 2.82. The lowest BCUT2D eigenvalue weighted by Gasteiger charge is -2.05. The zero-order valence-corrected chi connectivity index (χ0v) is 11.2. The standard InChI is InChI=1S/C11H17N5S/c1-4-5-12-11-10(13-15-17-11)7-16-9(3)6-8(2)14-16/h6,12H,4-5,7H2,1-3H3. The predicted octanol–water partition coefficient (Wildman–Crippen LogP) is 2.22. The highest BCUT2D eigenvalue weighted by molar-refractivity contribution is 7.10. The smallest absolute Gasteiger partial charge is 0.135 e. The van der Waals surface area contributed by atoms with Crippen molar-refractivity contribution in [2.45, 2.75) is 33.7 Å². The zero-order chi connectivity index (χ0) is 12.3. The molecule has 17 heavy (non-hydrogen) atoms. The fourth-order valence-corrected chi connectivity index (χ4v) is 2.26. The summed E-state index contributed by atoms with van der Waals surface area (Å²) in [5.74, 6) is 0. The molecule has 2 aromatic heterocycles. The van der Waals surface area contributed by atoms with Gasteiger partial charge in [0.2, 0.25) is 0 Å². The summed E-state index contributed by atoms with van der Waals surface area (Å²) in [6.07, 6.45) is 1.09. The maximum atomic E-state index is 4.43. The van der Waals surface area contributed by atoms with Gasteiger partial charge in [-0.05, 0) is 26.3 Å². The molecule has 5 nitrogen and oxygen atoms in total. The van der Waals surface area contributed by atoms with Crippen molar-refractivity contribution >= 4 is 16.5 Å². The van der Waals surface area contributed by atoms with Crippen molar-refractivity contribution in [3.63, 3.8) is 0 Å². The normalized spacial score (nSPS) is 10.8. The Morgan fingerprint density at radius 2 is 2.24 bits per heavy atom. The topological polar surface area (TPSA) is 55.6 Å². The molecule has 0 saturated carbocycles. The molecular weight excluding hydrogens is 234 g/mol.